The average Bonchev–Trinajstić information content (AvgIpc) is 3.80. The third kappa shape index (κ3) is 7.42. The Morgan fingerprint density at radius 1 is 0.540 bits per heavy atom. The number of anilines is 4. The first-order chi connectivity index (χ1) is 24.3. The molecule has 8 heteroatoms. The predicted molar refractivity (Wildman–Crippen MR) is 206 cm³/mol. The predicted octanol–water partition coefficient (Wildman–Crippen LogP) is 12.9. The average molecular weight is 697 g/mol. The molecule has 0 fully saturated rings. The molecule has 2 aromatic heterocycles. The van der Waals surface area contributed by atoms with Gasteiger partial charge in [0.1, 0.15) is 11.6 Å². The molecule has 0 aliphatic carbocycles. The van der Waals surface area contributed by atoms with E-state index in [4.69, 9.17) is 0 Å². The SMILES string of the molecule is Cc1ccc(-c2ccc3sccc3c2)cc1Nc1ccc(F)cc1.O=C(O)c1ccc(-c2ccc3sccc3c2)cc1Nc1ccc(F)cc1. The van der Waals surface area contributed by atoms with Crippen LogP contribution in [0.4, 0.5) is 31.5 Å². The molecular formula is C42H30F2N2O2S2. The van der Waals surface area contributed by atoms with E-state index < -0.39 is 5.97 Å². The van der Waals surface area contributed by atoms with Crippen molar-refractivity contribution in [3.8, 4) is 22.3 Å². The number of carboxylic acids is 1. The minimum absolute atomic E-state index is 0.162. The van der Waals surface area contributed by atoms with Crippen molar-refractivity contribution in [1.29, 1.82) is 0 Å². The largest absolute Gasteiger partial charge is 0.478 e. The molecule has 2 heterocycles. The van der Waals surface area contributed by atoms with Gasteiger partial charge >= 0.3 is 5.97 Å². The summed E-state index contributed by atoms with van der Waals surface area (Å²) in [5, 5.41) is 22.5. The summed E-state index contributed by atoms with van der Waals surface area (Å²) < 4.78 is 28.7. The van der Waals surface area contributed by atoms with E-state index in [-0.39, 0.29) is 17.2 Å². The van der Waals surface area contributed by atoms with E-state index in [0.717, 1.165) is 33.5 Å². The van der Waals surface area contributed by atoms with Gasteiger partial charge in [-0.2, -0.15) is 0 Å². The third-order valence-electron chi connectivity index (χ3n) is 8.31. The fourth-order valence-corrected chi connectivity index (χ4v) is 7.16. The molecule has 8 rings (SSSR count). The van der Waals surface area contributed by atoms with Gasteiger partial charge in [-0.15, -0.1) is 22.7 Å². The van der Waals surface area contributed by atoms with Crippen molar-refractivity contribution in [2.75, 3.05) is 10.6 Å². The van der Waals surface area contributed by atoms with Crippen LogP contribution in [0.2, 0.25) is 0 Å². The Balaban J connectivity index is 0.000000157. The number of nitrogens with one attached hydrogen (secondary N) is 2. The van der Waals surface area contributed by atoms with Gasteiger partial charge in [0.15, 0.2) is 0 Å². The van der Waals surface area contributed by atoms with Crippen LogP contribution >= 0.6 is 22.7 Å². The van der Waals surface area contributed by atoms with Crippen LogP contribution < -0.4 is 10.6 Å². The second-order valence-corrected chi connectivity index (χ2v) is 13.6. The second-order valence-electron chi connectivity index (χ2n) is 11.7. The Hall–Kier alpha value is -5.83. The van der Waals surface area contributed by atoms with Gasteiger partial charge in [0, 0.05) is 26.5 Å². The van der Waals surface area contributed by atoms with Crippen molar-refractivity contribution < 1.29 is 18.7 Å². The van der Waals surface area contributed by atoms with Gasteiger partial charge < -0.3 is 15.7 Å². The molecule has 0 aliphatic rings. The molecule has 0 aliphatic heterocycles. The maximum absolute atomic E-state index is 13.1. The van der Waals surface area contributed by atoms with Crippen LogP contribution in [0.5, 0.6) is 0 Å². The molecule has 0 bridgehead atoms. The van der Waals surface area contributed by atoms with E-state index in [1.165, 1.54) is 50.2 Å². The van der Waals surface area contributed by atoms with Gasteiger partial charge in [-0.1, -0.05) is 30.3 Å². The zero-order valence-electron chi connectivity index (χ0n) is 26.8. The number of aromatic carboxylic acids is 1. The monoisotopic (exact) mass is 696 g/mol. The van der Waals surface area contributed by atoms with Crippen LogP contribution in [0.25, 0.3) is 42.4 Å². The Kier molecular flexibility index (Phi) is 9.38. The Bertz CT molecular complexity index is 2450. The maximum atomic E-state index is 13.1. The van der Waals surface area contributed by atoms with Crippen molar-refractivity contribution in [2.45, 2.75) is 6.92 Å². The van der Waals surface area contributed by atoms with Crippen LogP contribution in [0.15, 0.2) is 144 Å². The highest BCUT2D eigenvalue weighted by Crippen LogP contribution is 2.33. The van der Waals surface area contributed by atoms with Crippen LogP contribution in [0, 0.1) is 18.6 Å². The van der Waals surface area contributed by atoms with E-state index in [1.54, 1.807) is 65.1 Å². The molecule has 3 N–H and O–H groups in total. The number of rotatable bonds is 7. The molecule has 0 unspecified atom stereocenters. The van der Waals surface area contributed by atoms with E-state index >= 15 is 0 Å². The lowest BCUT2D eigenvalue weighted by atomic mass is 10.0. The first-order valence-electron chi connectivity index (χ1n) is 15.8. The van der Waals surface area contributed by atoms with Gasteiger partial charge in [0.25, 0.3) is 0 Å². The van der Waals surface area contributed by atoms with Crippen molar-refractivity contribution in [2.24, 2.45) is 0 Å². The zero-order valence-corrected chi connectivity index (χ0v) is 28.4. The lowest BCUT2D eigenvalue weighted by Crippen LogP contribution is -2.03. The summed E-state index contributed by atoms with van der Waals surface area (Å²) in [5.41, 5.74) is 8.60. The molecule has 50 heavy (non-hydrogen) atoms. The number of halogens is 2. The normalized spacial score (nSPS) is 10.9. The minimum Gasteiger partial charge on any atom is -0.478 e. The summed E-state index contributed by atoms with van der Waals surface area (Å²) in [4.78, 5) is 11.6. The molecule has 8 aromatic rings. The number of benzene rings is 6. The molecule has 0 atom stereocenters. The lowest BCUT2D eigenvalue weighted by molar-refractivity contribution is 0.0698. The Labute approximate surface area is 295 Å². The minimum atomic E-state index is -1.02. The first kappa shape index (κ1) is 32.7. The van der Waals surface area contributed by atoms with Crippen molar-refractivity contribution in [1.82, 2.24) is 0 Å². The number of aryl methyl sites for hydroxylation is 1. The van der Waals surface area contributed by atoms with Crippen molar-refractivity contribution >= 4 is 71.6 Å². The maximum Gasteiger partial charge on any atom is 0.337 e. The molecule has 0 saturated carbocycles. The molecule has 4 nitrogen and oxygen atoms in total. The Morgan fingerprint density at radius 2 is 0.980 bits per heavy atom. The number of hydrogen-bond donors (Lipinski definition) is 3. The van der Waals surface area contributed by atoms with Crippen LogP contribution in [-0.4, -0.2) is 11.1 Å². The van der Waals surface area contributed by atoms with E-state index in [1.807, 2.05) is 11.4 Å². The van der Waals surface area contributed by atoms with Gasteiger partial charge in [-0.3, -0.25) is 0 Å². The number of carboxylic acid groups (broad SMARTS) is 1. The second kappa shape index (κ2) is 14.3. The molecule has 0 radical (unpaired) electrons. The highest BCUT2D eigenvalue weighted by Gasteiger charge is 2.13. The number of hydrogen-bond acceptors (Lipinski definition) is 5. The molecule has 0 spiro atoms. The number of fused-ring (bicyclic) bond motifs is 2. The summed E-state index contributed by atoms with van der Waals surface area (Å²) in [7, 11) is 0. The van der Waals surface area contributed by atoms with Gasteiger partial charge in [-0.05, 0) is 159 Å². The molecule has 0 amide bonds. The first-order valence-corrected chi connectivity index (χ1v) is 17.5. The van der Waals surface area contributed by atoms with E-state index in [9.17, 15) is 18.7 Å². The van der Waals surface area contributed by atoms with Crippen LogP contribution in [-0.2, 0) is 0 Å². The van der Waals surface area contributed by atoms with E-state index in [0.29, 0.717) is 11.4 Å². The zero-order chi connectivity index (χ0) is 34.6. The standard InChI is InChI=1S/C21H14FNO2S.C21H16FNS/c22-16-3-5-17(6-4-16)23-19-12-14(1-7-18(19)21(24)25)13-2-8-20-15(11-13)9-10-26-20;1-14-2-3-16(15-4-9-21-17(12-15)10-11-24-21)13-20(14)23-19-7-5-18(22)6-8-19/h1-12,23H,(H,24,25);2-13,23H,1H3. The van der Waals surface area contributed by atoms with Crippen molar-refractivity contribution in [3.63, 3.8) is 0 Å². The summed E-state index contributed by atoms with van der Waals surface area (Å²) >= 11 is 3.44. The number of carbonyl (C=O) groups is 1. The highest BCUT2D eigenvalue weighted by atomic mass is 32.1. The smallest absolute Gasteiger partial charge is 0.337 e. The van der Waals surface area contributed by atoms with Gasteiger partial charge in [-0.25, -0.2) is 13.6 Å². The topological polar surface area (TPSA) is 61.4 Å². The summed E-state index contributed by atoms with van der Waals surface area (Å²) in [6.07, 6.45) is 0. The molecular weight excluding hydrogens is 667 g/mol. The molecule has 6 aromatic carbocycles. The molecule has 246 valence electrons. The van der Waals surface area contributed by atoms with Gasteiger partial charge in [0.05, 0.1) is 11.3 Å². The Morgan fingerprint density at radius 3 is 1.50 bits per heavy atom. The van der Waals surface area contributed by atoms with Gasteiger partial charge in [0.2, 0.25) is 0 Å². The molecule has 0 saturated heterocycles. The fourth-order valence-electron chi connectivity index (χ4n) is 5.62. The lowest BCUT2D eigenvalue weighted by Gasteiger charge is -2.12. The van der Waals surface area contributed by atoms with Crippen LogP contribution in [0.1, 0.15) is 15.9 Å². The summed E-state index contributed by atoms with van der Waals surface area (Å²) in [6.45, 7) is 2.07. The third-order valence-corrected chi connectivity index (χ3v) is 10.1. The summed E-state index contributed by atoms with van der Waals surface area (Å²) in [6, 6.07) is 40.7. The quantitative estimate of drug-likeness (QED) is 0.155. The summed E-state index contributed by atoms with van der Waals surface area (Å²) in [5.74, 6) is -1.59. The van der Waals surface area contributed by atoms with Crippen molar-refractivity contribution in [3.05, 3.63) is 167 Å². The number of thiophene rings is 2. The highest BCUT2D eigenvalue weighted by molar-refractivity contribution is 7.17. The van der Waals surface area contributed by atoms with Crippen LogP contribution in [0.3, 0.4) is 0 Å². The van der Waals surface area contributed by atoms with E-state index in [2.05, 4.69) is 83.6 Å². The fraction of sp³-hybridized carbons (Fsp3) is 0.0238.